The highest BCUT2D eigenvalue weighted by Gasteiger charge is 2.27. The molecule has 2 amide bonds. The van der Waals surface area contributed by atoms with Crippen LogP contribution in [0.5, 0.6) is 0 Å². The van der Waals surface area contributed by atoms with Crippen molar-refractivity contribution in [1.82, 2.24) is 10.3 Å². The quantitative estimate of drug-likeness (QED) is 0.907. The Morgan fingerprint density at radius 3 is 2.85 bits per heavy atom. The van der Waals surface area contributed by atoms with E-state index in [0.29, 0.717) is 18.0 Å². The summed E-state index contributed by atoms with van der Waals surface area (Å²) in [6.07, 6.45) is 0.951. The zero-order valence-corrected chi connectivity index (χ0v) is 11.4. The number of rotatable bonds is 3. The maximum absolute atomic E-state index is 11.9. The van der Waals surface area contributed by atoms with Gasteiger partial charge in [-0.1, -0.05) is 30.3 Å². The summed E-state index contributed by atoms with van der Waals surface area (Å²) in [7, 11) is 0. The summed E-state index contributed by atoms with van der Waals surface area (Å²) < 4.78 is 0. The number of nitrogens with one attached hydrogen (secondary N) is 2. The van der Waals surface area contributed by atoms with E-state index in [2.05, 4.69) is 15.6 Å². The summed E-state index contributed by atoms with van der Waals surface area (Å²) in [4.78, 5) is 27.4. The van der Waals surface area contributed by atoms with Crippen molar-refractivity contribution in [3.63, 3.8) is 0 Å². The molecule has 2 N–H and O–H groups in total. The smallest absolute Gasteiger partial charge is 0.248 e. The molecule has 0 unspecified atom stereocenters. The van der Waals surface area contributed by atoms with Crippen LogP contribution in [-0.2, 0) is 9.59 Å². The van der Waals surface area contributed by atoms with Crippen LogP contribution in [0.4, 0.5) is 5.13 Å². The Labute approximate surface area is 120 Å². The molecule has 2 aromatic rings. The molecule has 0 saturated carbocycles. The van der Waals surface area contributed by atoms with Gasteiger partial charge in [0.1, 0.15) is 6.04 Å². The molecular formula is C14H13N3O2S. The predicted molar refractivity (Wildman–Crippen MR) is 77.3 cm³/mol. The van der Waals surface area contributed by atoms with Crippen molar-refractivity contribution in [1.29, 1.82) is 0 Å². The molecule has 20 heavy (non-hydrogen) atoms. The largest absolute Gasteiger partial charge is 0.344 e. The SMILES string of the molecule is O=C1CC[C@H](C(=O)Nc2nc(-c3ccccc3)cs2)N1. The van der Waals surface area contributed by atoms with Crippen LogP contribution in [0.3, 0.4) is 0 Å². The summed E-state index contributed by atoms with van der Waals surface area (Å²) in [6.45, 7) is 0. The first-order chi connectivity index (χ1) is 9.72. The van der Waals surface area contributed by atoms with E-state index in [1.807, 2.05) is 35.7 Å². The van der Waals surface area contributed by atoms with E-state index in [1.54, 1.807) is 0 Å². The first-order valence-electron chi connectivity index (χ1n) is 6.33. The van der Waals surface area contributed by atoms with Crippen molar-refractivity contribution < 1.29 is 9.59 Å². The molecule has 5 nitrogen and oxygen atoms in total. The normalized spacial score (nSPS) is 17.8. The van der Waals surface area contributed by atoms with Crippen LogP contribution >= 0.6 is 11.3 Å². The van der Waals surface area contributed by atoms with Crippen molar-refractivity contribution in [2.45, 2.75) is 18.9 Å². The lowest BCUT2D eigenvalue weighted by Crippen LogP contribution is -2.37. The Bertz CT molecular complexity index is 639. The third-order valence-corrected chi connectivity index (χ3v) is 3.87. The van der Waals surface area contributed by atoms with Crippen LogP contribution in [-0.4, -0.2) is 22.8 Å². The molecule has 102 valence electrons. The standard InChI is InChI=1S/C14H13N3O2S/c18-12-7-6-10(15-12)13(19)17-14-16-11(8-20-14)9-4-2-1-3-5-9/h1-5,8,10H,6-7H2,(H,15,18)(H,16,17,19)/t10-/m1/s1. The van der Waals surface area contributed by atoms with E-state index in [4.69, 9.17) is 0 Å². The fourth-order valence-corrected chi connectivity index (χ4v) is 2.80. The van der Waals surface area contributed by atoms with Gasteiger partial charge in [-0.25, -0.2) is 4.98 Å². The lowest BCUT2D eigenvalue weighted by Gasteiger charge is -2.08. The molecule has 1 aliphatic rings. The molecule has 2 heterocycles. The summed E-state index contributed by atoms with van der Waals surface area (Å²) in [5.41, 5.74) is 1.85. The Morgan fingerprint density at radius 2 is 2.15 bits per heavy atom. The molecule has 6 heteroatoms. The van der Waals surface area contributed by atoms with Crippen molar-refractivity contribution in [2.24, 2.45) is 0 Å². The lowest BCUT2D eigenvalue weighted by molar-refractivity contribution is -0.122. The Kier molecular flexibility index (Phi) is 3.47. The highest BCUT2D eigenvalue weighted by Crippen LogP contribution is 2.24. The molecule has 1 aromatic carbocycles. The van der Waals surface area contributed by atoms with Gasteiger partial charge in [0.25, 0.3) is 0 Å². The van der Waals surface area contributed by atoms with Crippen LogP contribution in [0.15, 0.2) is 35.7 Å². The minimum Gasteiger partial charge on any atom is -0.344 e. The summed E-state index contributed by atoms with van der Waals surface area (Å²) in [5, 5.41) is 7.84. The maximum atomic E-state index is 11.9. The van der Waals surface area contributed by atoms with Crippen LogP contribution in [0.1, 0.15) is 12.8 Å². The number of thiazole rings is 1. The molecule has 0 spiro atoms. The van der Waals surface area contributed by atoms with Crippen LogP contribution in [0.25, 0.3) is 11.3 Å². The van der Waals surface area contributed by atoms with E-state index in [0.717, 1.165) is 11.3 Å². The summed E-state index contributed by atoms with van der Waals surface area (Å²) in [5.74, 6) is -0.279. The number of aromatic nitrogens is 1. The molecule has 0 bridgehead atoms. The van der Waals surface area contributed by atoms with E-state index < -0.39 is 6.04 Å². The van der Waals surface area contributed by atoms with E-state index in [-0.39, 0.29) is 11.8 Å². The highest BCUT2D eigenvalue weighted by atomic mass is 32.1. The lowest BCUT2D eigenvalue weighted by atomic mass is 10.2. The Balaban J connectivity index is 1.68. The minimum absolute atomic E-state index is 0.0748. The number of carbonyl (C=O) groups excluding carboxylic acids is 2. The van der Waals surface area contributed by atoms with Gasteiger partial charge in [-0.05, 0) is 6.42 Å². The van der Waals surface area contributed by atoms with Crippen LogP contribution in [0, 0.1) is 0 Å². The summed E-state index contributed by atoms with van der Waals surface area (Å²) in [6, 6.07) is 9.34. The third-order valence-electron chi connectivity index (χ3n) is 3.12. The van der Waals surface area contributed by atoms with Crippen molar-refractivity contribution >= 4 is 28.3 Å². The van der Waals surface area contributed by atoms with Gasteiger partial charge >= 0.3 is 0 Å². The van der Waals surface area contributed by atoms with E-state index in [9.17, 15) is 9.59 Å². The number of benzene rings is 1. The molecule has 1 aromatic heterocycles. The van der Waals surface area contributed by atoms with Crippen LogP contribution in [0.2, 0.25) is 0 Å². The number of carbonyl (C=O) groups is 2. The van der Waals surface area contributed by atoms with Gasteiger partial charge in [-0.3, -0.25) is 9.59 Å². The molecule has 1 atom stereocenters. The molecular weight excluding hydrogens is 274 g/mol. The number of hydrogen-bond acceptors (Lipinski definition) is 4. The molecule has 1 aliphatic heterocycles. The fourth-order valence-electron chi connectivity index (χ4n) is 2.08. The molecule has 0 aliphatic carbocycles. The molecule has 0 radical (unpaired) electrons. The second-order valence-electron chi connectivity index (χ2n) is 4.55. The van der Waals surface area contributed by atoms with Gasteiger partial charge in [0.05, 0.1) is 5.69 Å². The zero-order valence-electron chi connectivity index (χ0n) is 10.6. The number of nitrogens with zero attached hydrogens (tertiary/aromatic N) is 1. The highest BCUT2D eigenvalue weighted by molar-refractivity contribution is 7.14. The molecule has 1 fully saturated rings. The van der Waals surface area contributed by atoms with E-state index in [1.165, 1.54) is 11.3 Å². The maximum Gasteiger partial charge on any atom is 0.248 e. The third kappa shape index (κ3) is 2.70. The van der Waals surface area contributed by atoms with Gasteiger partial charge in [0.15, 0.2) is 5.13 Å². The number of amides is 2. The number of hydrogen-bond donors (Lipinski definition) is 2. The first kappa shape index (κ1) is 12.8. The average molecular weight is 287 g/mol. The fraction of sp³-hybridized carbons (Fsp3) is 0.214. The Hall–Kier alpha value is -2.21. The minimum atomic E-state index is -0.438. The molecule has 1 saturated heterocycles. The second kappa shape index (κ2) is 5.42. The van der Waals surface area contributed by atoms with Crippen molar-refractivity contribution in [2.75, 3.05) is 5.32 Å². The van der Waals surface area contributed by atoms with Gasteiger partial charge in [-0.15, -0.1) is 11.3 Å². The Morgan fingerprint density at radius 1 is 1.35 bits per heavy atom. The van der Waals surface area contributed by atoms with Crippen molar-refractivity contribution in [3.8, 4) is 11.3 Å². The van der Waals surface area contributed by atoms with Gasteiger partial charge < -0.3 is 10.6 Å². The monoisotopic (exact) mass is 287 g/mol. The predicted octanol–water partition coefficient (Wildman–Crippen LogP) is 2.03. The van der Waals surface area contributed by atoms with Gasteiger partial charge in [0.2, 0.25) is 11.8 Å². The van der Waals surface area contributed by atoms with Crippen LogP contribution < -0.4 is 10.6 Å². The van der Waals surface area contributed by atoms with Crippen molar-refractivity contribution in [3.05, 3.63) is 35.7 Å². The first-order valence-corrected chi connectivity index (χ1v) is 7.21. The van der Waals surface area contributed by atoms with Gasteiger partial charge in [0, 0.05) is 17.4 Å². The van der Waals surface area contributed by atoms with Gasteiger partial charge in [-0.2, -0.15) is 0 Å². The molecule has 3 rings (SSSR count). The summed E-state index contributed by atoms with van der Waals surface area (Å²) >= 11 is 1.38. The van der Waals surface area contributed by atoms with E-state index >= 15 is 0 Å². The topological polar surface area (TPSA) is 71.1 Å². The number of anilines is 1. The second-order valence-corrected chi connectivity index (χ2v) is 5.41. The zero-order chi connectivity index (χ0) is 13.9. The average Bonchev–Trinajstić information content (AvgIpc) is 3.09.